The van der Waals surface area contributed by atoms with Gasteiger partial charge in [-0.05, 0) is 37.0 Å². The quantitative estimate of drug-likeness (QED) is 0.897. The maximum Gasteiger partial charge on any atom is 0.239 e. The molecule has 0 fully saturated rings. The van der Waals surface area contributed by atoms with Crippen molar-refractivity contribution in [1.29, 1.82) is 0 Å². The number of benzene rings is 1. The fraction of sp³-hybridized carbons (Fsp3) is 0.444. The zero-order valence-electron chi connectivity index (χ0n) is 14.8. The predicted molar refractivity (Wildman–Crippen MR) is 96.3 cm³/mol. The van der Waals surface area contributed by atoms with Gasteiger partial charge in [-0.25, -0.2) is 0 Å². The number of aromatic nitrogens is 1. The molecule has 1 amide bonds. The van der Waals surface area contributed by atoms with E-state index in [1.54, 1.807) is 19.9 Å². The Morgan fingerprint density at radius 1 is 1.29 bits per heavy atom. The van der Waals surface area contributed by atoms with E-state index in [1.807, 2.05) is 24.3 Å². The average molecular weight is 348 g/mol. The minimum absolute atomic E-state index is 0.0620. The molecule has 2 atom stereocenters. The second-order valence-corrected chi connectivity index (χ2v) is 8.68. The first-order valence-corrected chi connectivity index (χ1v) is 9.26. The second-order valence-electron chi connectivity index (χ2n) is 6.92. The summed E-state index contributed by atoms with van der Waals surface area (Å²) in [6, 6.07) is 9.46. The van der Waals surface area contributed by atoms with Crippen molar-refractivity contribution in [2.75, 3.05) is 5.32 Å². The molecule has 0 aliphatic heterocycles. The van der Waals surface area contributed by atoms with Crippen LogP contribution in [0.3, 0.4) is 0 Å². The molecule has 5 nitrogen and oxygen atoms in total. The number of amides is 1. The highest BCUT2D eigenvalue weighted by molar-refractivity contribution is 7.85. The first-order valence-electron chi connectivity index (χ1n) is 7.87. The maximum atomic E-state index is 12.3. The van der Waals surface area contributed by atoms with Crippen LogP contribution in [0.1, 0.15) is 44.7 Å². The molecule has 2 aromatic rings. The van der Waals surface area contributed by atoms with E-state index >= 15 is 0 Å². The van der Waals surface area contributed by atoms with Crippen LogP contribution in [-0.2, 0) is 26.8 Å². The van der Waals surface area contributed by atoms with Crippen LogP contribution in [-0.4, -0.2) is 20.5 Å². The molecule has 6 heteroatoms. The van der Waals surface area contributed by atoms with Gasteiger partial charge in [0.25, 0.3) is 0 Å². The molecule has 0 saturated heterocycles. The van der Waals surface area contributed by atoms with E-state index in [1.165, 1.54) is 5.56 Å². The summed E-state index contributed by atoms with van der Waals surface area (Å²) < 4.78 is 17.4. The van der Waals surface area contributed by atoms with Gasteiger partial charge in [-0.1, -0.05) is 38.1 Å². The Hall–Kier alpha value is -1.95. The van der Waals surface area contributed by atoms with Gasteiger partial charge in [0.1, 0.15) is 11.0 Å². The Morgan fingerprint density at radius 2 is 1.92 bits per heavy atom. The van der Waals surface area contributed by atoms with Crippen LogP contribution in [0.25, 0.3) is 0 Å². The van der Waals surface area contributed by atoms with E-state index in [9.17, 15) is 9.00 Å². The third-order valence-electron chi connectivity index (χ3n) is 3.74. The average Bonchev–Trinajstić information content (AvgIpc) is 2.91. The second kappa shape index (κ2) is 7.30. The normalized spacial score (nSPS) is 14.2. The molecule has 0 bridgehead atoms. The molecule has 1 aromatic carbocycles. The van der Waals surface area contributed by atoms with Crippen LogP contribution in [0.4, 0.5) is 5.69 Å². The molecule has 0 spiro atoms. The summed E-state index contributed by atoms with van der Waals surface area (Å²) in [5, 5.41) is 5.93. The van der Waals surface area contributed by atoms with Gasteiger partial charge < -0.3 is 9.84 Å². The molecule has 0 radical (unpaired) electrons. The Balaban J connectivity index is 1.97. The van der Waals surface area contributed by atoms with Crippen LogP contribution in [0, 0.1) is 6.92 Å². The number of nitrogens with one attached hydrogen (secondary N) is 1. The molecule has 1 aromatic heterocycles. The van der Waals surface area contributed by atoms with Gasteiger partial charge in [-0.3, -0.25) is 9.00 Å². The van der Waals surface area contributed by atoms with Crippen LogP contribution in [0.15, 0.2) is 34.9 Å². The van der Waals surface area contributed by atoms with Crippen molar-refractivity contribution >= 4 is 22.4 Å². The number of rotatable bonds is 5. The Bertz CT molecular complexity index is 729. The highest BCUT2D eigenvalue weighted by atomic mass is 32.2. The summed E-state index contributed by atoms with van der Waals surface area (Å²) in [6.45, 7) is 9.86. The smallest absolute Gasteiger partial charge is 0.239 e. The molecule has 1 N–H and O–H groups in total. The minimum Gasteiger partial charge on any atom is -0.360 e. The summed E-state index contributed by atoms with van der Waals surface area (Å²) in [6.07, 6.45) is 0. The highest BCUT2D eigenvalue weighted by Crippen LogP contribution is 2.23. The van der Waals surface area contributed by atoms with E-state index in [-0.39, 0.29) is 17.1 Å². The summed E-state index contributed by atoms with van der Waals surface area (Å²) in [5.41, 5.74) is 2.69. The largest absolute Gasteiger partial charge is 0.360 e. The lowest BCUT2D eigenvalue weighted by molar-refractivity contribution is -0.115. The monoisotopic (exact) mass is 348 g/mol. The van der Waals surface area contributed by atoms with Gasteiger partial charge in [0.2, 0.25) is 5.91 Å². The molecular formula is C18H24N2O3S. The standard InChI is InChI=1S/C18H24N2O3S/c1-12-10-16(23-20-12)11-24(22)13(2)17(21)19-15-8-6-14(7-9-15)18(3,4)5/h6-10,13H,11H2,1-5H3,(H,19,21). The van der Waals surface area contributed by atoms with Gasteiger partial charge in [-0.15, -0.1) is 0 Å². The van der Waals surface area contributed by atoms with Crippen molar-refractivity contribution in [3.05, 3.63) is 47.3 Å². The lowest BCUT2D eigenvalue weighted by Gasteiger charge is -2.19. The fourth-order valence-electron chi connectivity index (χ4n) is 2.17. The zero-order chi connectivity index (χ0) is 17.9. The Morgan fingerprint density at radius 3 is 2.42 bits per heavy atom. The molecule has 0 saturated carbocycles. The number of carbonyl (C=O) groups is 1. The van der Waals surface area contributed by atoms with E-state index < -0.39 is 16.0 Å². The van der Waals surface area contributed by atoms with Gasteiger partial charge in [-0.2, -0.15) is 0 Å². The first-order chi connectivity index (χ1) is 11.2. The van der Waals surface area contributed by atoms with Crippen molar-refractivity contribution in [2.24, 2.45) is 0 Å². The number of hydrogen-bond acceptors (Lipinski definition) is 4. The van der Waals surface area contributed by atoms with Crippen molar-refractivity contribution in [1.82, 2.24) is 5.16 Å². The summed E-state index contributed by atoms with van der Waals surface area (Å²) in [5.74, 6) is 0.436. The highest BCUT2D eigenvalue weighted by Gasteiger charge is 2.22. The summed E-state index contributed by atoms with van der Waals surface area (Å²) in [7, 11) is -1.37. The number of carbonyl (C=O) groups excluding carboxylic acids is 1. The van der Waals surface area contributed by atoms with E-state index in [4.69, 9.17) is 4.52 Å². The molecule has 2 unspecified atom stereocenters. The van der Waals surface area contributed by atoms with Crippen molar-refractivity contribution in [2.45, 2.75) is 51.0 Å². The fourth-order valence-corrected chi connectivity index (χ4v) is 3.13. The van der Waals surface area contributed by atoms with Gasteiger partial charge in [0, 0.05) is 22.6 Å². The Kier molecular flexibility index (Phi) is 5.59. The SMILES string of the molecule is Cc1cc(CS(=O)C(C)C(=O)Nc2ccc(C(C)(C)C)cc2)on1. The molecule has 2 rings (SSSR count). The minimum atomic E-state index is -1.37. The molecule has 0 aliphatic rings. The van der Waals surface area contributed by atoms with E-state index in [0.29, 0.717) is 11.4 Å². The molecule has 24 heavy (non-hydrogen) atoms. The zero-order valence-corrected chi connectivity index (χ0v) is 15.6. The topological polar surface area (TPSA) is 72.2 Å². The maximum absolute atomic E-state index is 12.3. The lowest BCUT2D eigenvalue weighted by atomic mass is 9.87. The summed E-state index contributed by atoms with van der Waals surface area (Å²) in [4.78, 5) is 12.3. The van der Waals surface area contributed by atoms with Gasteiger partial charge in [0.15, 0.2) is 0 Å². The number of nitrogens with zero attached hydrogens (tertiary/aromatic N) is 1. The van der Waals surface area contributed by atoms with Crippen LogP contribution < -0.4 is 5.32 Å². The summed E-state index contributed by atoms with van der Waals surface area (Å²) >= 11 is 0. The third-order valence-corrected chi connectivity index (χ3v) is 5.32. The lowest BCUT2D eigenvalue weighted by Crippen LogP contribution is -2.29. The van der Waals surface area contributed by atoms with Crippen LogP contribution >= 0.6 is 0 Å². The number of aryl methyl sites for hydroxylation is 1. The number of hydrogen-bond donors (Lipinski definition) is 1. The van der Waals surface area contributed by atoms with Gasteiger partial charge in [0.05, 0.1) is 11.4 Å². The Labute approximate surface area is 145 Å². The first kappa shape index (κ1) is 18.4. The molecule has 130 valence electrons. The molecular weight excluding hydrogens is 324 g/mol. The van der Waals surface area contributed by atoms with Crippen molar-refractivity contribution in [3.63, 3.8) is 0 Å². The molecule has 1 heterocycles. The van der Waals surface area contributed by atoms with E-state index in [0.717, 1.165) is 5.69 Å². The molecule has 0 aliphatic carbocycles. The van der Waals surface area contributed by atoms with Crippen molar-refractivity contribution < 1.29 is 13.5 Å². The third kappa shape index (κ3) is 4.77. The predicted octanol–water partition coefficient (Wildman–Crippen LogP) is 3.56. The van der Waals surface area contributed by atoms with E-state index in [2.05, 4.69) is 31.2 Å². The number of anilines is 1. The van der Waals surface area contributed by atoms with Crippen LogP contribution in [0.5, 0.6) is 0 Å². The van der Waals surface area contributed by atoms with Crippen molar-refractivity contribution in [3.8, 4) is 0 Å². The van der Waals surface area contributed by atoms with Gasteiger partial charge >= 0.3 is 0 Å². The van der Waals surface area contributed by atoms with Crippen LogP contribution in [0.2, 0.25) is 0 Å².